The molecule has 0 atom stereocenters. The maximum absolute atomic E-state index is 12.6. The molecule has 0 aliphatic rings. The van der Waals surface area contributed by atoms with Crippen molar-refractivity contribution in [2.24, 2.45) is 0 Å². The van der Waals surface area contributed by atoms with Crippen molar-refractivity contribution in [3.8, 4) is 5.88 Å². The summed E-state index contributed by atoms with van der Waals surface area (Å²) < 4.78 is 65.6. The molecule has 2 amide bonds. The lowest BCUT2D eigenvalue weighted by Gasteiger charge is -2.09. The summed E-state index contributed by atoms with van der Waals surface area (Å²) in [5, 5.41) is 13.5. The molecule has 1 heterocycles. The minimum Gasteiger partial charge on any atom is -0.449 e. The molecular formula is C20H17F3N4O6S. The first-order valence-electron chi connectivity index (χ1n) is 9.35. The number of nitrogens with zero attached hydrogens (tertiary/aromatic N) is 1. The van der Waals surface area contributed by atoms with Crippen LogP contribution in [0.3, 0.4) is 0 Å². The standard InChI is InChI=1S/C20H17F3N4O6S/c1-34(31,32)14-8-2-11(3-9-14)10-15-25-16(17(26-15)33-19(29)30)27-18(28)24-13-6-4-12(5-7-13)20(21,22)23/h2-9H,10H2,1H3,(H,25,26)(H,29,30)(H2,24,27,28). The van der Waals surface area contributed by atoms with Crippen molar-refractivity contribution in [3.63, 3.8) is 0 Å². The van der Waals surface area contributed by atoms with Gasteiger partial charge < -0.3 is 20.1 Å². The van der Waals surface area contributed by atoms with Gasteiger partial charge in [-0.3, -0.25) is 5.32 Å². The lowest BCUT2D eigenvalue weighted by molar-refractivity contribution is -0.137. The topological polar surface area (TPSA) is 150 Å². The van der Waals surface area contributed by atoms with Crippen LogP contribution in [-0.2, 0) is 22.4 Å². The molecule has 3 aromatic rings. The summed E-state index contributed by atoms with van der Waals surface area (Å²) in [6.45, 7) is 0. The fraction of sp³-hybridized carbons (Fsp3) is 0.150. The van der Waals surface area contributed by atoms with Gasteiger partial charge in [-0.2, -0.15) is 18.2 Å². The van der Waals surface area contributed by atoms with Gasteiger partial charge in [0.05, 0.1) is 10.5 Å². The number of nitrogens with one attached hydrogen (secondary N) is 3. The third-order valence-corrected chi connectivity index (χ3v) is 5.46. The van der Waals surface area contributed by atoms with Gasteiger partial charge in [-0.25, -0.2) is 18.0 Å². The number of aromatic amines is 1. The van der Waals surface area contributed by atoms with Gasteiger partial charge in [0, 0.05) is 18.4 Å². The Morgan fingerprint density at radius 3 is 2.21 bits per heavy atom. The van der Waals surface area contributed by atoms with Crippen LogP contribution in [0.5, 0.6) is 5.88 Å². The molecule has 0 spiro atoms. The normalized spacial score (nSPS) is 11.6. The number of carbonyl (C=O) groups is 2. The van der Waals surface area contributed by atoms with E-state index in [4.69, 9.17) is 5.11 Å². The van der Waals surface area contributed by atoms with Crippen molar-refractivity contribution in [1.29, 1.82) is 0 Å². The molecule has 0 fully saturated rings. The molecule has 1 aromatic heterocycles. The third kappa shape index (κ3) is 6.48. The number of carbonyl (C=O) groups excluding carboxylic acids is 1. The molecule has 0 unspecified atom stereocenters. The Labute approximate surface area is 190 Å². The average Bonchev–Trinajstić information content (AvgIpc) is 3.07. The summed E-state index contributed by atoms with van der Waals surface area (Å²) in [7, 11) is -3.38. The number of ether oxygens (including phenoxy) is 1. The van der Waals surface area contributed by atoms with E-state index < -0.39 is 39.6 Å². The lowest BCUT2D eigenvalue weighted by atomic mass is 10.1. The molecule has 34 heavy (non-hydrogen) atoms. The van der Waals surface area contributed by atoms with E-state index in [-0.39, 0.29) is 28.6 Å². The second-order valence-corrected chi connectivity index (χ2v) is 8.99. The Morgan fingerprint density at radius 1 is 1.06 bits per heavy atom. The van der Waals surface area contributed by atoms with E-state index in [1.54, 1.807) is 12.1 Å². The van der Waals surface area contributed by atoms with Crippen LogP contribution in [0, 0.1) is 0 Å². The van der Waals surface area contributed by atoms with Crippen LogP contribution in [0.2, 0.25) is 0 Å². The number of carboxylic acid groups (broad SMARTS) is 1. The highest BCUT2D eigenvalue weighted by atomic mass is 32.2. The number of sulfone groups is 1. The highest BCUT2D eigenvalue weighted by molar-refractivity contribution is 7.90. The zero-order valence-corrected chi connectivity index (χ0v) is 18.1. The van der Waals surface area contributed by atoms with Crippen LogP contribution < -0.4 is 15.4 Å². The maximum atomic E-state index is 12.6. The third-order valence-electron chi connectivity index (χ3n) is 4.34. The number of hydrogen-bond donors (Lipinski definition) is 4. The van der Waals surface area contributed by atoms with Gasteiger partial charge in [-0.1, -0.05) is 12.1 Å². The van der Waals surface area contributed by atoms with Crippen LogP contribution in [0.25, 0.3) is 0 Å². The first-order chi connectivity index (χ1) is 15.8. The molecule has 4 N–H and O–H groups in total. The monoisotopic (exact) mass is 498 g/mol. The highest BCUT2D eigenvalue weighted by Crippen LogP contribution is 2.30. The Kier molecular flexibility index (Phi) is 6.81. The van der Waals surface area contributed by atoms with Crippen LogP contribution >= 0.6 is 0 Å². The number of urea groups is 1. The van der Waals surface area contributed by atoms with Crippen molar-refractivity contribution < 1.29 is 41.0 Å². The zero-order valence-electron chi connectivity index (χ0n) is 17.3. The van der Waals surface area contributed by atoms with Crippen LogP contribution in [-0.4, -0.2) is 41.9 Å². The Hall–Kier alpha value is -4.07. The molecular weight excluding hydrogens is 481 g/mol. The summed E-state index contributed by atoms with van der Waals surface area (Å²) in [4.78, 5) is 30.0. The molecule has 0 bridgehead atoms. The second-order valence-electron chi connectivity index (χ2n) is 6.98. The van der Waals surface area contributed by atoms with Crippen molar-refractivity contribution in [2.45, 2.75) is 17.5 Å². The minimum absolute atomic E-state index is 0.0527. The Balaban J connectivity index is 1.74. The van der Waals surface area contributed by atoms with Crippen molar-refractivity contribution in [1.82, 2.24) is 9.97 Å². The summed E-state index contributed by atoms with van der Waals surface area (Å²) in [5.41, 5.74) is -0.209. The molecule has 0 saturated heterocycles. The maximum Gasteiger partial charge on any atom is 0.512 e. The fourth-order valence-electron chi connectivity index (χ4n) is 2.80. The average molecular weight is 498 g/mol. The van der Waals surface area contributed by atoms with E-state index in [1.165, 1.54) is 12.1 Å². The van der Waals surface area contributed by atoms with Crippen LogP contribution in [0.15, 0.2) is 53.4 Å². The van der Waals surface area contributed by atoms with Gasteiger partial charge >= 0.3 is 18.4 Å². The van der Waals surface area contributed by atoms with E-state index in [1.807, 2.05) is 0 Å². The van der Waals surface area contributed by atoms with Crippen LogP contribution in [0.1, 0.15) is 17.0 Å². The van der Waals surface area contributed by atoms with Crippen LogP contribution in [0.4, 0.5) is 34.3 Å². The molecule has 2 aromatic carbocycles. The summed E-state index contributed by atoms with van der Waals surface area (Å²) >= 11 is 0. The summed E-state index contributed by atoms with van der Waals surface area (Å²) in [6, 6.07) is 8.67. The number of H-pyrrole nitrogens is 1. The van der Waals surface area contributed by atoms with Gasteiger partial charge in [0.1, 0.15) is 5.82 Å². The Morgan fingerprint density at radius 2 is 1.68 bits per heavy atom. The molecule has 0 aliphatic heterocycles. The second kappa shape index (κ2) is 9.43. The smallest absolute Gasteiger partial charge is 0.449 e. The van der Waals surface area contributed by atoms with E-state index in [0.29, 0.717) is 5.56 Å². The van der Waals surface area contributed by atoms with Gasteiger partial charge in [0.25, 0.3) is 5.88 Å². The number of alkyl halides is 3. The Bertz CT molecular complexity index is 1300. The van der Waals surface area contributed by atoms with Crippen molar-refractivity contribution >= 4 is 33.5 Å². The van der Waals surface area contributed by atoms with E-state index >= 15 is 0 Å². The summed E-state index contributed by atoms with van der Waals surface area (Å²) in [5.74, 6) is -0.486. The minimum atomic E-state index is -4.53. The van der Waals surface area contributed by atoms with Crippen molar-refractivity contribution in [3.05, 3.63) is 65.5 Å². The lowest BCUT2D eigenvalue weighted by Crippen LogP contribution is -2.20. The molecule has 0 radical (unpaired) electrons. The first-order valence-corrected chi connectivity index (χ1v) is 11.2. The molecule has 14 heteroatoms. The van der Waals surface area contributed by atoms with Gasteiger partial charge in [-0.15, -0.1) is 0 Å². The number of rotatable bonds is 6. The first kappa shape index (κ1) is 24.6. The molecule has 0 aliphatic carbocycles. The largest absolute Gasteiger partial charge is 0.512 e. The van der Waals surface area contributed by atoms with Gasteiger partial charge in [-0.05, 0) is 42.0 Å². The van der Waals surface area contributed by atoms with Gasteiger partial charge in [0.2, 0.25) is 0 Å². The van der Waals surface area contributed by atoms with Gasteiger partial charge in [0.15, 0.2) is 15.7 Å². The molecule has 10 nitrogen and oxygen atoms in total. The number of hydrogen-bond acceptors (Lipinski definition) is 6. The summed E-state index contributed by atoms with van der Waals surface area (Å²) in [6.07, 6.45) is -5.04. The fourth-order valence-corrected chi connectivity index (χ4v) is 3.43. The molecule has 0 saturated carbocycles. The number of halogens is 3. The number of anilines is 2. The van der Waals surface area contributed by atoms with E-state index in [0.717, 1.165) is 30.5 Å². The van der Waals surface area contributed by atoms with Crippen molar-refractivity contribution in [2.75, 3.05) is 16.9 Å². The van der Waals surface area contributed by atoms with E-state index in [2.05, 4.69) is 25.3 Å². The zero-order chi connectivity index (χ0) is 25.1. The number of imidazole rings is 1. The number of aromatic nitrogens is 2. The quantitative estimate of drug-likeness (QED) is 0.373. The predicted octanol–water partition coefficient (Wildman–Crippen LogP) is 4.12. The van der Waals surface area contributed by atoms with E-state index in [9.17, 15) is 31.2 Å². The number of benzene rings is 2. The molecule has 180 valence electrons. The SMILES string of the molecule is CS(=O)(=O)c1ccc(Cc2nc(OC(=O)O)c(NC(=O)Nc3ccc(C(F)(F)F)cc3)[nH]2)cc1. The highest BCUT2D eigenvalue weighted by Gasteiger charge is 2.30. The molecule has 3 rings (SSSR count). The predicted molar refractivity (Wildman–Crippen MR) is 114 cm³/mol. The number of amides is 2.